The number of nitrogens with two attached hydrogens (primary N) is 2. The van der Waals surface area contributed by atoms with Crippen LogP contribution in [-0.4, -0.2) is 57.8 Å². The van der Waals surface area contributed by atoms with Crippen molar-refractivity contribution in [1.29, 1.82) is 0 Å². The molecule has 0 radical (unpaired) electrons. The van der Waals surface area contributed by atoms with Gasteiger partial charge >= 0.3 is 0 Å². The molecule has 0 unspecified atom stereocenters. The molecule has 0 atom stereocenters. The minimum absolute atomic E-state index is 0. The molecule has 23 heavy (non-hydrogen) atoms. The molecule has 0 spiro atoms. The normalized spacial score (nSPS) is 16.2. The molecule has 1 aromatic carbocycles. The molecule has 0 bridgehead atoms. The third-order valence-corrected chi connectivity index (χ3v) is 4.45. The summed E-state index contributed by atoms with van der Waals surface area (Å²) < 4.78 is 21.7. The maximum Gasteiger partial charge on any atom is 0.210 e. The van der Waals surface area contributed by atoms with E-state index in [2.05, 4.69) is 9.89 Å². The summed E-state index contributed by atoms with van der Waals surface area (Å²) in [5.41, 5.74) is 7.01. The highest BCUT2D eigenvalue weighted by molar-refractivity contribution is 14.0. The van der Waals surface area contributed by atoms with Crippen LogP contribution in [0.15, 0.2) is 29.3 Å². The minimum atomic E-state index is -3.50. The van der Waals surface area contributed by atoms with E-state index < -0.39 is 10.0 Å². The number of hydrogen-bond donors (Lipinski definition) is 2. The van der Waals surface area contributed by atoms with Crippen molar-refractivity contribution in [3.63, 3.8) is 0 Å². The molecule has 10 heteroatoms. The average molecular weight is 474 g/mol. The zero-order valence-corrected chi connectivity index (χ0v) is 16.5. The van der Waals surface area contributed by atoms with Crippen molar-refractivity contribution in [3.8, 4) is 0 Å². The Morgan fingerprint density at radius 1 is 1.17 bits per heavy atom. The van der Waals surface area contributed by atoms with E-state index in [9.17, 15) is 8.42 Å². The molecule has 1 fully saturated rings. The summed E-state index contributed by atoms with van der Waals surface area (Å²) in [6.07, 6.45) is 0. The van der Waals surface area contributed by atoms with Crippen LogP contribution in [0, 0.1) is 0 Å². The van der Waals surface area contributed by atoms with Crippen molar-refractivity contribution in [2.75, 3.05) is 43.4 Å². The van der Waals surface area contributed by atoms with E-state index in [0.29, 0.717) is 11.0 Å². The molecule has 1 saturated heterocycles. The molecule has 0 saturated carbocycles. The fraction of sp³-hybridized carbons (Fsp3) is 0.462. The lowest BCUT2D eigenvalue weighted by atomic mass is 10.2. The van der Waals surface area contributed by atoms with Crippen LogP contribution >= 0.6 is 35.6 Å². The summed E-state index contributed by atoms with van der Waals surface area (Å²) in [5.74, 6) is 0.165. The highest BCUT2D eigenvalue weighted by Crippen LogP contribution is 2.19. The van der Waals surface area contributed by atoms with Crippen LogP contribution in [0.4, 0.5) is 5.69 Å². The van der Waals surface area contributed by atoms with E-state index >= 15 is 0 Å². The summed E-state index contributed by atoms with van der Waals surface area (Å²) in [7, 11) is -3.50. The van der Waals surface area contributed by atoms with Gasteiger partial charge in [0.2, 0.25) is 10.0 Å². The minimum Gasteiger partial charge on any atom is -0.370 e. The van der Waals surface area contributed by atoms with E-state index in [1.807, 2.05) is 29.2 Å². The second-order valence-electron chi connectivity index (χ2n) is 5.06. The molecule has 2 rings (SSSR count). The van der Waals surface area contributed by atoms with Crippen LogP contribution in [0.25, 0.3) is 0 Å². The molecule has 0 aliphatic carbocycles. The van der Waals surface area contributed by atoms with Crippen LogP contribution in [0.3, 0.4) is 0 Å². The molecular formula is C13H21ClIN5O2S. The van der Waals surface area contributed by atoms with Gasteiger partial charge in [0, 0.05) is 36.9 Å². The van der Waals surface area contributed by atoms with Crippen molar-refractivity contribution < 1.29 is 8.42 Å². The third kappa shape index (κ3) is 6.69. The smallest absolute Gasteiger partial charge is 0.210 e. The first kappa shape index (κ1) is 20.3. The quantitative estimate of drug-likeness (QED) is 0.380. The number of guanidine groups is 1. The summed E-state index contributed by atoms with van der Waals surface area (Å²) in [6.45, 7) is 3.17. The van der Waals surface area contributed by atoms with E-state index in [0.717, 1.165) is 31.9 Å². The van der Waals surface area contributed by atoms with Gasteiger partial charge < -0.3 is 15.5 Å². The standard InChI is InChI=1S/C13H20ClN5O2S.HI/c14-11-1-3-12(4-2-11)18-6-8-19(9-7-18)13(15)17-5-10-22(16,20)21;/h1-4H,5-10H2,(H2,15,17)(H2,16,20,21);1H. The Bertz CT molecular complexity index is 630. The van der Waals surface area contributed by atoms with E-state index in [-0.39, 0.29) is 36.3 Å². The van der Waals surface area contributed by atoms with Crippen molar-refractivity contribution in [2.45, 2.75) is 0 Å². The number of sulfonamides is 1. The van der Waals surface area contributed by atoms with Crippen LogP contribution in [-0.2, 0) is 10.0 Å². The number of benzene rings is 1. The maximum atomic E-state index is 10.9. The Hall–Kier alpha value is -0.780. The topological polar surface area (TPSA) is 105 Å². The van der Waals surface area contributed by atoms with Gasteiger partial charge in [-0.05, 0) is 24.3 Å². The van der Waals surface area contributed by atoms with Gasteiger partial charge in [-0.25, -0.2) is 13.6 Å². The Balaban J connectivity index is 0.00000264. The molecule has 7 nitrogen and oxygen atoms in total. The first-order valence-corrected chi connectivity index (χ1v) is 9.00. The largest absolute Gasteiger partial charge is 0.370 e. The fourth-order valence-corrected chi connectivity index (χ4v) is 2.70. The summed E-state index contributed by atoms with van der Waals surface area (Å²) in [6, 6.07) is 7.71. The van der Waals surface area contributed by atoms with Gasteiger partial charge in [-0.1, -0.05) is 11.6 Å². The highest BCUT2D eigenvalue weighted by Gasteiger charge is 2.18. The number of hydrogen-bond acceptors (Lipinski definition) is 4. The van der Waals surface area contributed by atoms with Crippen molar-refractivity contribution in [3.05, 3.63) is 29.3 Å². The Kier molecular flexibility index (Phi) is 7.84. The lowest BCUT2D eigenvalue weighted by Crippen LogP contribution is -2.51. The molecule has 1 heterocycles. The van der Waals surface area contributed by atoms with Crippen molar-refractivity contribution in [2.24, 2.45) is 15.9 Å². The third-order valence-electron chi connectivity index (χ3n) is 3.45. The predicted octanol–water partition coefficient (Wildman–Crippen LogP) is 0.683. The van der Waals surface area contributed by atoms with Crippen LogP contribution in [0.5, 0.6) is 0 Å². The van der Waals surface area contributed by atoms with Crippen molar-refractivity contribution in [1.82, 2.24) is 4.90 Å². The Labute approximate surface area is 158 Å². The van der Waals surface area contributed by atoms with Gasteiger partial charge in [-0.3, -0.25) is 4.99 Å². The molecule has 130 valence electrons. The van der Waals surface area contributed by atoms with E-state index in [1.165, 1.54) is 0 Å². The maximum absolute atomic E-state index is 10.9. The molecule has 4 N–H and O–H groups in total. The van der Waals surface area contributed by atoms with Gasteiger partial charge in [-0.15, -0.1) is 24.0 Å². The Morgan fingerprint density at radius 2 is 1.74 bits per heavy atom. The monoisotopic (exact) mass is 473 g/mol. The molecule has 1 aliphatic heterocycles. The molecule has 1 aliphatic rings. The number of primary sulfonamides is 1. The lowest BCUT2D eigenvalue weighted by molar-refractivity contribution is 0.381. The number of halogens is 2. The summed E-state index contributed by atoms with van der Waals surface area (Å²) in [4.78, 5) is 8.25. The number of rotatable bonds is 4. The van der Waals surface area contributed by atoms with Gasteiger partial charge in [0.05, 0.1) is 12.3 Å². The zero-order valence-electron chi connectivity index (χ0n) is 12.6. The predicted molar refractivity (Wildman–Crippen MR) is 105 cm³/mol. The first-order valence-electron chi connectivity index (χ1n) is 6.91. The van der Waals surface area contributed by atoms with Gasteiger partial charge in [0.25, 0.3) is 0 Å². The molecule has 0 amide bonds. The van der Waals surface area contributed by atoms with Gasteiger partial charge in [0.15, 0.2) is 5.96 Å². The first-order chi connectivity index (χ1) is 10.3. The van der Waals surface area contributed by atoms with E-state index in [1.54, 1.807) is 0 Å². The molecular weight excluding hydrogens is 453 g/mol. The lowest BCUT2D eigenvalue weighted by Gasteiger charge is -2.36. The fourth-order valence-electron chi connectivity index (χ4n) is 2.23. The molecule has 1 aromatic rings. The zero-order chi connectivity index (χ0) is 16.2. The average Bonchev–Trinajstić information content (AvgIpc) is 2.47. The highest BCUT2D eigenvalue weighted by atomic mass is 127. The number of anilines is 1. The van der Waals surface area contributed by atoms with Crippen LogP contribution in [0.2, 0.25) is 5.02 Å². The van der Waals surface area contributed by atoms with Crippen LogP contribution < -0.4 is 15.8 Å². The number of nitrogens with zero attached hydrogens (tertiary/aromatic N) is 3. The second-order valence-corrected chi connectivity index (χ2v) is 7.23. The second kappa shape index (κ2) is 8.90. The molecule has 0 aromatic heterocycles. The number of aliphatic imine (C=N–C) groups is 1. The summed E-state index contributed by atoms with van der Waals surface area (Å²) in [5, 5.41) is 5.64. The van der Waals surface area contributed by atoms with Crippen LogP contribution in [0.1, 0.15) is 0 Å². The SMILES string of the molecule is I.NC(=NCCS(N)(=O)=O)N1CCN(c2ccc(Cl)cc2)CC1. The van der Waals surface area contributed by atoms with E-state index in [4.69, 9.17) is 22.5 Å². The van der Waals surface area contributed by atoms with Gasteiger partial charge in [-0.2, -0.15) is 0 Å². The Morgan fingerprint density at radius 3 is 2.26 bits per heavy atom. The van der Waals surface area contributed by atoms with Gasteiger partial charge in [0.1, 0.15) is 0 Å². The number of piperazine rings is 1. The van der Waals surface area contributed by atoms with Crippen molar-refractivity contribution >= 4 is 57.2 Å². The summed E-state index contributed by atoms with van der Waals surface area (Å²) >= 11 is 5.89.